The van der Waals surface area contributed by atoms with Crippen LogP contribution in [0.5, 0.6) is 0 Å². The number of thioether (sulfide) groups is 1. The third-order valence-corrected chi connectivity index (χ3v) is 10.0. The van der Waals surface area contributed by atoms with Crippen LogP contribution in [-0.4, -0.2) is 74.4 Å². The molecule has 16 heteroatoms. The van der Waals surface area contributed by atoms with Crippen LogP contribution in [0.4, 0.5) is 13.2 Å². The number of esters is 2. The van der Waals surface area contributed by atoms with E-state index in [-0.39, 0.29) is 49.5 Å². The lowest BCUT2D eigenvalue weighted by Crippen LogP contribution is -2.49. The van der Waals surface area contributed by atoms with Crippen molar-refractivity contribution in [1.82, 2.24) is 14.8 Å². The summed E-state index contributed by atoms with van der Waals surface area (Å²) in [6.45, 7) is 2.41. The normalized spacial score (nSPS) is 23.3. The number of nitrogens with zero attached hydrogens (tertiary/aromatic N) is 4. The Morgan fingerprint density at radius 3 is 2.57 bits per heavy atom. The van der Waals surface area contributed by atoms with E-state index in [4.69, 9.17) is 24.2 Å². The number of nitriles is 1. The van der Waals surface area contributed by atoms with Crippen molar-refractivity contribution in [2.24, 2.45) is 11.3 Å². The summed E-state index contributed by atoms with van der Waals surface area (Å²) in [7, 11) is 0. The smallest absolute Gasteiger partial charge is 0.324 e. The van der Waals surface area contributed by atoms with E-state index in [1.165, 1.54) is 47.3 Å². The van der Waals surface area contributed by atoms with Crippen molar-refractivity contribution < 1.29 is 51.6 Å². The maximum absolute atomic E-state index is 15.7. The molecule has 2 aliphatic rings. The highest BCUT2D eigenvalue weighted by atomic mass is 32.2. The predicted octanol–water partition coefficient (Wildman–Crippen LogP) is 4.79. The second-order valence-electron chi connectivity index (χ2n) is 12.0. The lowest BCUT2D eigenvalue weighted by Gasteiger charge is -2.41. The predicted molar refractivity (Wildman–Crippen MR) is 175 cm³/mol. The lowest BCUT2D eigenvalue weighted by molar-refractivity contribution is -0.178. The fourth-order valence-corrected chi connectivity index (χ4v) is 7.09. The summed E-state index contributed by atoms with van der Waals surface area (Å²) in [5.41, 5.74) is -3.76. The Balaban J connectivity index is 1.36. The summed E-state index contributed by atoms with van der Waals surface area (Å²) in [5.74, 6) is -6.68. The summed E-state index contributed by atoms with van der Waals surface area (Å²) < 4.78 is 68.1. The maximum Gasteiger partial charge on any atom is 0.324 e. The molecule has 1 N–H and O–H groups in total. The molecule has 1 aromatic heterocycles. The molecule has 0 bridgehead atoms. The van der Waals surface area contributed by atoms with Gasteiger partial charge in [0.15, 0.2) is 17.3 Å². The first-order chi connectivity index (χ1) is 24.4. The molecule has 1 saturated heterocycles. The third-order valence-electron chi connectivity index (χ3n) is 8.59. The third kappa shape index (κ3) is 8.50. The van der Waals surface area contributed by atoms with Crippen molar-refractivity contribution in [1.29, 1.82) is 5.26 Å². The number of aliphatic carboxylic acids is 1. The molecule has 2 aromatic carbocycles. The molecule has 1 saturated carbocycles. The molecule has 2 unspecified atom stereocenters. The Hall–Kier alpha value is -4.98. The van der Waals surface area contributed by atoms with Gasteiger partial charge in [-0.25, -0.2) is 22.8 Å². The van der Waals surface area contributed by atoms with Gasteiger partial charge >= 0.3 is 17.9 Å². The SMILES string of the molecule is CC(=O)OC[C@@H]1C[C@@]1(C(=O)O)C(=O)OC(Cn1cncn1)(c1ccc(F)cc1F)C(C)SC1COC(C=CC=Cc2ccc(C#N)cc2F)OC1. The lowest BCUT2D eigenvalue weighted by atomic mass is 9.88. The van der Waals surface area contributed by atoms with Crippen molar-refractivity contribution in [2.75, 3.05) is 19.8 Å². The van der Waals surface area contributed by atoms with Gasteiger partial charge in [0, 0.05) is 35.3 Å². The molecule has 4 atom stereocenters. The number of benzene rings is 2. The highest BCUT2D eigenvalue weighted by molar-refractivity contribution is 8.00. The Bertz CT molecular complexity index is 1860. The minimum absolute atomic E-state index is 0.140. The highest BCUT2D eigenvalue weighted by Gasteiger charge is 2.69. The molecular formula is C35H33F3N4O8S. The van der Waals surface area contributed by atoms with Gasteiger partial charge in [-0.1, -0.05) is 24.3 Å². The van der Waals surface area contributed by atoms with Crippen LogP contribution in [0.1, 0.15) is 37.0 Å². The summed E-state index contributed by atoms with van der Waals surface area (Å²) in [6, 6.07) is 8.77. The molecule has 51 heavy (non-hydrogen) atoms. The van der Waals surface area contributed by atoms with Gasteiger partial charge in [0.2, 0.25) is 0 Å². The van der Waals surface area contributed by atoms with E-state index in [9.17, 15) is 28.3 Å². The average molecular weight is 727 g/mol. The van der Waals surface area contributed by atoms with E-state index < -0.39 is 69.1 Å². The van der Waals surface area contributed by atoms with Gasteiger partial charge < -0.3 is 24.1 Å². The van der Waals surface area contributed by atoms with Gasteiger partial charge in [0.05, 0.1) is 43.2 Å². The first-order valence-electron chi connectivity index (χ1n) is 15.7. The van der Waals surface area contributed by atoms with Crippen molar-refractivity contribution in [3.05, 3.63) is 101 Å². The van der Waals surface area contributed by atoms with E-state index in [1.807, 2.05) is 6.07 Å². The number of hydrogen-bond acceptors (Lipinski definition) is 11. The Morgan fingerprint density at radius 2 is 1.94 bits per heavy atom. The number of rotatable bonds is 14. The zero-order valence-electron chi connectivity index (χ0n) is 27.4. The molecule has 2 fully saturated rings. The van der Waals surface area contributed by atoms with Crippen LogP contribution in [0.3, 0.4) is 0 Å². The number of allylic oxidation sites excluding steroid dienone is 2. The zero-order chi connectivity index (χ0) is 36.8. The van der Waals surface area contributed by atoms with Crippen LogP contribution >= 0.6 is 11.8 Å². The summed E-state index contributed by atoms with van der Waals surface area (Å²) in [4.78, 5) is 41.8. The fourth-order valence-electron chi connectivity index (χ4n) is 5.73. The first kappa shape index (κ1) is 37.3. The van der Waals surface area contributed by atoms with Crippen LogP contribution in [-0.2, 0) is 45.5 Å². The van der Waals surface area contributed by atoms with E-state index in [1.54, 1.807) is 25.2 Å². The number of aromatic nitrogens is 3. The number of carbonyl (C=O) groups excluding carboxylic acids is 2. The molecular weight excluding hydrogens is 693 g/mol. The number of hydrogen-bond donors (Lipinski definition) is 1. The summed E-state index contributed by atoms with van der Waals surface area (Å²) in [6.07, 6.45) is 7.93. The number of carboxylic acids is 1. The standard InChI is InChI=1S/C35H33F3N4O8S/c1-21(51-27-16-48-31(49-17-27)6-4-3-5-24-8-7-23(14-39)11-29(24)37)35(18-42-20-40-19-41-42,28-10-9-26(36)12-30(28)38)50-33(46)34(32(44)45)13-25(34)15-47-22(2)43/h3-12,19-21,25,27,31H,13,15-18H2,1-2H3,(H,44,45)/t21?,25-,27?,31?,34+,35?/m0/s1. The van der Waals surface area contributed by atoms with Crippen molar-refractivity contribution in [2.45, 2.75) is 49.2 Å². The largest absolute Gasteiger partial charge is 0.480 e. The van der Waals surface area contributed by atoms with Crippen LogP contribution in [0.2, 0.25) is 0 Å². The molecule has 0 amide bonds. The zero-order valence-corrected chi connectivity index (χ0v) is 28.2. The highest BCUT2D eigenvalue weighted by Crippen LogP contribution is 2.56. The topological polar surface area (TPSA) is 163 Å². The molecule has 1 aliphatic heterocycles. The Morgan fingerprint density at radius 1 is 1.18 bits per heavy atom. The summed E-state index contributed by atoms with van der Waals surface area (Å²) >= 11 is 1.22. The number of carbonyl (C=O) groups is 3. The second-order valence-corrected chi connectivity index (χ2v) is 13.6. The maximum atomic E-state index is 15.7. The molecule has 0 spiro atoms. The van der Waals surface area contributed by atoms with Gasteiger partial charge in [-0.2, -0.15) is 10.4 Å². The van der Waals surface area contributed by atoms with E-state index in [0.29, 0.717) is 6.07 Å². The minimum atomic E-state index is -2.07. The molecule has 12 nitrogen and oxygen atoms in total. The quantitative estimate of drug-likeness (QED) is 0.138. The summed E-state index contributed by atoms with van der Waals surface area (Å²) in [5, 5.41) is 21.9. The van der Waals surface area contributed by atoms with Gasteiger partial charge in [-0.3, -0.25) is 14.4 Å². The van der Waals surface area contributed by atoms with Crippen molar-refractivity contribution >= 4 is 35.7 Å². The van der Waals surface area contributed by atoms with E-state index >= 15 is 4.39 Å². The monoisotopic (exact) mass is 726 g/mol. The number of halogens is 3. The molecule has 268 valence electrons. The number of ether oxygens (including phenoxy) is 4. The molecule has 0 radical (unpaired) electrons. The van der Waals surface area contributed by atoms with E-state index in [0.717, 1.165) is 25.1 Å². The molecule has 2 heterocycles. The van der Waals surface area contributed by atoms with Crippen LogP contribution in [0, 0.1) is 40.1 Å². The Kier molecular flexibility index (Phi) is 11.6. The van der Waals surface area contributed by atoms with Gasteiger partial charge in [-0.15, -0.1) is 11.8 Å². The van der Waals surface area contributed by atoms with Crippen LogP contribution in [0.25, 0.3) is 6.08 Å². The number of carboxylic acid groups (broad SMARTS) is 1. The van der Waals surface area contributed by atoms with Gasteiger partial charge in [0.25, 0.3) is 0 Å². The van der Waals surface area contributed by atoms with E-state index in [2.05, 4.69) is 10.1 Å². The molecule has 5 rings (SSSR count). The Labute approximate surface area is 294 Å². The second kappa shape index (κ2) is 15.9. The fraction of sp³-hybridized carbons (Fsp3) is 0.371. The van der Waals surface area contributed by atoms with Crippen LogP contribution in [0.15, 0.2) is 67.3 Å². The average Bonchev–Trinajstić information content (AvgIpc) is 3.63. The van der Waals surface area contributed by atoms with Gasteiger partial charge in [0.1, 0.15) is 30.1 Å². The van der Waals surface area contributed by atoms with Crippen molar-refractivity contribution in [3.8, 4) is 6.07 Å². The van der Waals surface area contributed by atoms with Crippen molar-refractivity contribution in [3.63, 3.8) is 0 Å². The van der Waals surface area contributed by atoms with Gasteiger partial charge in [-0.05, 0) is 43.7 Å². The van der Waals surface area contributed by atoms with Crippen LogP contribution < -0.4 is 0 Å². The minimum Gasteiger partial charge on any atom is -0.480 e. The first-order valence-corrected chi connectivity index (χ1v) is 16.6. The molecule has 3 aromatic rings. The molecule has 1 aliphatic carbocycles.